The average Bonchev–Trinajstić information content (AvgIpc) is 2.36. The summed E-state index contributed by atoms with van der Waals surface area (Å²) in [6, 6.07) is 2.93. The van der Waals surface area contributed by atoms with Crippen molar-refractivity contribution in [3.63, 3.8) is 0 Å². The van der Waals surface area contributed by atoms with Gasteiger partial charge in [-0.1, -0.05) is 0 Å². The monoisotopic (exact) mass is 293 g/mol. The summed E-state index contributed by atoms with van der Waals surface area (Å²) in [5, 5.41) is 18.9. The molecule has 0 atom stereocenters. The third kappa shape index (κ3) is 4.12. The Balaban J connectivity index is 3.05. The van der Waals surface area contributed by atoms with E-state index in [9.17, 15) is 22.8 Å². The zero-order valence-electron chi connectivity index (χ0n) is 9.90. The van der Waals surface area contributed by atoms with Crippen LogP contribution in [0.25, 0.3) is 0 Å². The molecule has 6 nitrogen and oxygen atoms in total. The van der Waals surface area contributed by atoms with Gasteiger partial charge in [0.1, 0.15) is 12.4 Å². The van der Waals surface area contributed by atoms with Gasteiger partial charge < -0.3 is 20.3 Å². The quantitative estimate of drug-likeness (QED) is 0.759. The van der Waals surface area contributed by atoms with E-state index >= 15 is 0 Å². The number of ether oxygens (including phenoxy) is 1. The molecule has 20 heavy (non-hydrogen) atoms. The zero-order chi connectivity index (χ0) is 15.3. The van der Waals surface area contributed by atoms with Crippen LogP contribution >= 0.6 is 0 Å². The number of hydrogen-bond donors (Lipinski definition) is 3. The molecule has 0 aromatic heterocycles. The molecule has 0 heterocycles. The van der Waals surface area contributed by atoms with Gasteiger partial charge in [0.25, 0.3) is 0 Å². The Morgan fingerprint density at radius 2 is 1.95 bits per heavy atom. The van der Waals surface area contributed by atoms with Gasteiger partial charge in [-0.25, -0.2) is 4.79 Å². The smallest absolute Gasteiger partial charge is 0.471 e. The number of carbonyl (C=O) groups is 2. The summed E-state index contributed by atoms with van der Waals surface area (Å²) >= 11 is 0. The molecule has 1 aromatic rings. The number of amides is 1. The van der Waals surface area contributed by atoms with Gasteiger partial charge >= 0.3 is 18.1 Å². The molecule has 3 N–H and O–H groups in total. The minimum absolute atomic E-state index is 0.233. The highest BCUT2D eigenvalue weighted by Gasteiger charge is 2.39. The van der Waals surface area contributed by atoms with Crippen molar-refractivity contribution < 1.29 is 37.7 Å². The molecule has 0 saturated heterocycles. The van der Waals surface area contributed by atoms with Crippen molar-refractivity contribution in [3.05, 3.63) is 23.8 Å². The van der Waals surface area contributed by atoms with Crippen molar-refractivity contribution in [1.82, 2.24) is 0 Å². The molecule has 0 aliphatic rings. The predicted molar refractivity (Wildman–Crippen MR) is 60.7 cm³/mol. The summed E-state index contributed by atoms with van der Waals surface area (Å²) < 4.78 is 41.3. The number of benzene rings is 1. The van der Waals surface area contributed by atoms with Crippen molar-refractivity contribution in [1.29, 1.82) is 0 Å². The van der Waals surface area contributed by atoms with Crippen molar-refractivity contribution in [2.75, 3.05) is 18.5 Å². The molecule has 9 heteroatoms. The van der Waals surface area contributed by atoms with Crippen molar-refractivity contribution >= 4 is 17.6 Å². The van der Waals surface area contributed by atoms with E-state index in [2.05, 4.69) is 0 Å². The maximum Gasteiger partial charge on any atom is 0.471 e. The molecule has 1 amide bonds. The molecule has 0 aliphatic heterocycles. The van der Waals surface area contributed by atoms with Crippen LogP contribution in [0.1, 0.15) is 10.4 Å². The molecular formula is C11H10F3NO5. The van der Waals surface area contributed by atoms with E-state index in [1.54, 1.807) is 5.32 Å². The van der Waals surface area contributed by atoms with Gasteiger partial charge in [-0.2, -0.15) is 13.2 Å². The largest absolute Gasteiger partial charge is 0.489 e. The van der Waals surface area contributed by atoms with Crippen molar-refractivity contribution in [3.8, 4) is 5.75 Å². The Labute approximate surface area is 110 Å². The second kappa shape index (κ2) is 6.24. The number of halogens is 3. The minimum Gasteiger partial charge on any atom is -0.489 e. The molecule has 0 unspecified atom stereocenters. The lowest BCUT2D eigenvalue weighted by Crippen LogP contribution is -2.30. The minimum atomic E-state index is -5.08. The first-order valence-corrected chi connectivity index (χ1v) is 5.25. The van der Waals surface area contributed by atoms with Gasteiger partial charge in [0.2, 0.25) is 0 Å². The third-order valence-corrected chi connectivity index (χ3v) is 2.08. The van der Waals surface area contributed by atoms with E-state index < -0.39 is 24.7 Å². The molecule has 0 aliphatic carbocycles. The topological polar surface area (TPSA) is 95.9 Å². The summed E-state index contributed by atoms with van der Waals surface area (Å²) in [6.45, 7) is -0.693. The first kappa shape index (κ1) is 15.8. The molecular weight excluding hydrogens is 283 g/mol. The summed E-state index contributed by atoms with van der Waals surface area (Å²) in [4.78, 5) is 21.6. The first-order valence-electron chi connectivity index (χ1n) is 5.25. The highest BCUT2D eigenvalue weighted by Crippen LogP contribution is 2.28. The van der Waals surface area contributed by atoms with Crippen LogP contribution in [0.4, 0.5) is 18.9 Å². The average molecular weight is 293 g/mol. The Bertz CT molecular complexity index is 515. The van der Waals surface area contributed by atoms with Crippen LogP contribution in [-0.2, 0) is 4.79 Å². The highest BCUT2D eigenvalue weighted by atomic mass is 19.4. The van der Waals surface area contributed by atoms with E-state index in [0.29, 0.717) is 0 Å². The summed E-state index contributed by atoms with van der Waals surface area (Å²) in [6.07, 6.45) is -5.08. The number of aliphatic hydroxyl groups is 1. The van der Waals surface area contributed by atoms with Crippen LogP contribution in [-0.4, -0.2) is 41.5 Å². The summed E-state index contributed by atoms with van der Waals surface area (Å²) in [5.41, 5.74) is -0.575. The van der Waals surface area contributed by atoms with E-state index in [1.807, 2.05) is 0 Å². The Hall–Kier alpha value is -2.29. The standard InChI is InChI=1S/C11H10F3NO5/c12-11(13,14)10(19)15-7-2-1-6(9(17)18)5-8(7)20-4-3-16/h1-2,5,16H,3-4H2,(H,15,19)(H,17,18). The fourth-order valence-electron chi connectivity index (χ4n) is 1.23. The van der Waals surface area contributed by atoms with Crippen LogP contribution in [0.15, 0.2) is 18.2 Å². The first-order chi connectivity index (χ1) is 9.25. The van der Waals surface area contributed by atoms with Crippen LogP contribution in [0.3, 0.4) is 0 Å². The molecule has 1 rings (SSSR count). The fraction of sp³-hybridized carbons (Fsp3) is 0.273. The normalized spacial score (nSPS) is 11.0. The van der Waals surface area contributed by atoms with E-state index in [1.165, 1.54) is 0 Å². The number of nitrogens with one attached hydrogen (secondary N) is 1. The van der Waals surface area contributed by atoms with E-state index in [-0.39, 0.29) is 23.6 Å². The fourth-order valence-corrected chi connectivity index (χ4v) is 1.23. The maximum absolute atomic E-state index is 12.1. The Morgan fingerprint density at radius 3 is 2.45 bits per heavy atom. The molecule has 1 aromatic carbocycles. The number of alkyl halides is 3. The second-order valence-corrected chi connectivity index (χ2v) is 3.54. The number of aliphatic hydroxyl groups excluding tert-OH is 1. The van der Waals surface area contributed by atoms with Gasteiger partial charge in [0, 0.05) is 0 Å². The molecule has 0 spiro atoms. The number of carboxylic acid groups (broad SMARTS) is 1. The SMILES string of the molecule is O=C(O)c1ccc(NC(=O)C(F)(F)F)c(OCCO)c1. The van der Waals surface area contributed by atoms with E-state index in [0.717, 1.165) is 18.2 Å². The van der Waals surface area contributed by atoms with Gasteiger partial charge in [0.15, 0.2) is 0 Å². The third-order valence-electron chi connectivity index (χ3n) is 2.08. The van der Waals surface area contributed by atoms with Crippen LogP contribution < -0.4 is 10.1 Å². The molecule has 110 valence electrons. The zero-order valence-corrected chi connectivity index (χ0v) is 9.90. The van der Waals surface area contributed by atoms with Gasteiger partial charge in [-0.15, -0.1) is 0 Å². The van der Waals surface area contributed by atoms with Crippen LogP contribution in [0.2, 0.25) is 0 Å². The van der Waals surface area contributed by atoms with E-state index in [4.69, 9.17) is 14.9 Å². The molecule has 0 bridgehead atoms. The number of aromatic carboxylic acids is 1. The maximum atomic E-state index is 12.1. The van der Waals surface area contributed by atoms with Crippen molar-refractivity contribution in [2.45, 2.75) is 6.18 Å². The second-order valence-electron chi connectivity index (χ2n) is 3.54. The number of rotatable bonds is 5. The van der Waals surface area contributed by atoms with Crippen LogP contribution in [0, 0.1) is 0 Å². The lowest BCUT2D eigenvalue weighted by atomic mass is 10.2. The number of anilines is 1. The number of carbonyl (C=O) groups excluding carboxylic acids is 1. The van der Waals surface area contributed by atoms with Crippen molar-refractivity contribution in [2.24, 2.45) is 0 Å². The van der Waals surface area contributed by atoms with Crippen LogP contribution in [0.5, 0.6) is 5.75 Å². The van der Waals surface area contributed by atoms with Gasteiger partial charge in [0.05, 0.1) is 17.9 Å². The molecule has 0 saturated carbocycles. The summed E-state index contributed by atoms with van der Waals surface area (Å²) in [7, 11) is 0. The Morgan fingerprint density at radius 1 is 1.30 bits per heavy atom. The Kier molecular flexibility index (Phi) is 4.92. The lowest BCUT2D eigenvalue weighted by Gasteiger charge is -2.13. The number of hydrogen-bond acceptors (Lipinski definition) is 4. The summed E-state index contributed by atoms with van der Waals surface area (Å²) in [5.74, 6) is -3.81. The molecule has 0 radical (unpaired) electrons. The molecule has 0 fully saturated rings. The lowest BCUT2D eigenvalue weighted by molar-refractivity contribution is -0.167. The van der Waals surface area contributed by atoms with Gasteiger partial charge in [-0.05, 0) is 18.2 Å². The highest BCUT2D eigenvalue weighted by molar-refractivity contribution is 5.97. The van der Waals surface area contributed by atoms with Gasteiger partial charge in [-0.3, -0.25) is 4.79 Å². The predicted octanol–water partition coefficient (Wildman–Crippen LogP) is 1.26. The number of carboxylic acids is 1.